The monoisotopic (exact) mass is 1000 g/mol. The zero-order valence-corrected chi connectivity index (χ0v) is 42.6. The van der Waals surface area contributed by atoms with E-state index < -0.39 is 12.1 Å². The number of benzene rings is 6. The van der Waals surface area contributed by atoms with Crippen molar-refractivity contribution in [2.75, 3.05) is 14.1 Å². The van der Waals surface area contributed by atoms with Gasteiger partial charge in [-0.1, -0.05) is 157 Å². The molecular formula is C60H62Cl2N4O6. The summed E-state index contributed by atoms with van der Waals surface area (Å²) in [7, 11) is 3.35. The number of carbonyl (C=O) groups is 4. The molecule has 72 heavy (non-hydrogen) atoms. The van der Waals surface area contributed by atoms with Gasteiger partial charge in [-0.05, 0) is 97.5 Å². The number of para-hydroxylation sites is 2. The topological polar surface area (TPSA) is 117 Å². The number of amides is 4. The molecule has 6 aromatic carbocycles. The third-order valence-corrected chi connectivity index (χ3v) is 13.2. The van der Waals surface area contributed by atoms with Crippen LogP contribution in [0.15, 0.2) is 182 Å². The zero-order valence-electron chi connectivity index (χ0n) is 41.1. The average molecular weight is 1010 g/mol. The lowest BCUT2D eigenvalue weighted by Gasteiger charge is -2.30. The van der Waals surface area contributed by atoms with E-state index in [-0.39, 0.29) is 47.9 Å². The number of ether oxygens (including phenoxy) is 2. The molecule has 0 radical (unpaired) electrons. The van der Waals surface area contributed by atoms with Gasteiger partial charge in [0.05, 0.1) is 35.4 Å². The van der Waals surface area contributed by atoms with Crippen molar-refractivity contribution < 1.29 is 28.7 Å². The summed E-state index contributed by atoms with van der Waals surface area (Å²) >= 11 is 12.5. The Kier molecular flexibility index (Phi) is 18.9. The van der Waals surface area contributed by atoms with Crippen LogP contribution in [0.2, 0.25) is 10.0 Å². The van der Waals surface area contributed by atoms with Gasteiger partial charge in [-0.3, -0.25) is 19.2 Å². The van der Waals surface area contributed by atoms with Crippen molar-refractivity contribution in [2.24, 2.45) is 0 Å². The normalized spacial score (nSPS) is 22.1. The lowest BCUT2D eigenvalue weighted by molar-refractivity contribution is -0.126. The summed E-state index contributed by atoms with van der Waals surface area (Å²) < 4.78 is 12.3. The van der Waals surface area contributed by atoms with Crippen molar-refractivity contribution in [3.05, 3.63) is 225 Å². The van der Waals surface area contributed by atoms with E-state index in [4.69, 9.17) is 32.7 Å². The molecule has 6 aromatic rings. The Morgan fingerprint density at radius 1 is 0.472 bits per heavy atom. The van der Waals surface area contributed by atoms with Crippen molar-refractivity contribution in [3.8, 4) is 11.5 Å². The molecule has 12 heteroatoms. The quantitative estimate of drug-likeness (QED) is 0.161. The fraction of sp³-hybridized carbons (Fsp3) is 0.267. The van der Waals surface area contributed by atoms with Crippen LogP contribution in [0.1, 0.15) is 94.6 Å². The van der Waals surface area contributed by atoms with Crippen molar-refractivity contribution in [2.45, 2.75) is 88.7 Å². The van der Waals surface area contributed by atoms with Gasteiger partial charge >= 0.3 is 0 Å². The molecule has 0 aromatic heterocycles. The standard InChI is InChI=1S/2C30H31ClN2O3/c2*1-21-11-6-8-17-26(23-14-10-15-24(31)20-23)32-29(34)27(19-22-12-4-3-5-13-22)33(2)30(35)25-16-7-9-18-28(25)36-21/h2*3-10,12-16,18,20-21,26-27H,11,17,19H2,1-2H3,(H,32,34)/b8-6+;8-6-/t2*21-,26-,27+/m11/s1. The Balaban J connectivity index is 0.000000211. The van der Waals surface area contributed by atoms with E-state index in [2.05, 4.69) is 34.9 Å². The van der Waals surface area contributed by atoms with Gasteiger partial charge < -0.3 is 29.9 Å². The lowest BCUT2D eigenvalue weighted by Crippen LogP contribution is -2.49. The number of carbonyl (C=O) groups excluding carboxylic acids is 4. The van der Waals surface area contributed by atoms with Gasteiger partial charge in [0.2, 0.25) is 11.8 Å². The summed E-state index contributed by atoms with van der Waals surface area (Å²) in [4.78, 5) is 58.0. The maximum Gasteiger partial charge on any atom is 0.258 e. The summed E-state index contributed by atoms with van der Waals surface area (Å²) in [5, 5.41) is 7.61. The van der Waals surface area contributed by atoms with Crippen LogP contribution in [0.4, 0.5) is 0 Å². The van der Waals surface area contributed by atoms with E-state index in [0.29, 0.717) is 71.2 Å². The summed E-state index contributed by atoms with van der Waals surface area (Å²) in [6, 6.07) is 46.9. The number of hydrogen-bond donors (Lipinski definition) is 2. The molecule has 0 aliphatic carbocycles. The van der Waals surface area contributed by atoms with Crippen LogP contribution in [0.25, 0.3) is 0 Å². The first kappa shape index (κ1) is 52.7. The molecule has 0 unspecified atom stereocenters. The number of likely N-dealkylation sites (N-methyl/N-ethyl adjacent to an activating group) is 2. The predicted molar refractivity (Wildman–Crippen MR) is 287 cm³/mol. The maximum absolute atomic E-state index is 13.8. The van der Waals surface area contributed by atoms with E-state index in [9.17, 15) is 19.2 Å². The van der Waals surface area contributed by atoms with Crippen LogP contribution in [0, 0.1) is 0 Å². The van der Waals surface area contributed by atoms with Gasteiger partial charge in [-0.2, -0.15) is 0 Å². The first-order chi connectivity index (χ1) is 34.8. The SMILES string of the molecule is C[C@@H]1C/C=C/C[C@H](c2cccc(Cl)c2)NC(=O)[C@H](Cc2ccccc2)N(C)C(=O)c2ccccc2O1.C[C@@H]1C/C=C\C[C@H](c2cccc(Cl)c2)NC(=O)[C@H](Cc2ccccc2)N(C)C(=O)c2ccccc2O1. The third-order valence-electron chi connectivity index (χ3n) is 12.8. The number of hydrogen-bond acceptors (Lipinski definition) is 6. The van der Waals surface area contributed by atoms with E-state index >= 15 is 0 Å². The Hall–Kier alpha value is -7.14. The zero-order chi connectivity index (χ0) is 51.0. The van der Waals surface area contributed by atoms with Gasteiger partial charge in [0, 0.05) is 49.8 Å². The van der Waals surface area contributed by atoms with E-state index in [1.165, 1.54) is 9.80 Å². The molecule has 2 aliphatic rings. The van der Waals surface area contributed by atoms with Gasteiger partial charge in [0.15, 0.2) is 0 Å². The molecule has 372 valence electrons. The molecule has 2 aliphatic heterocycles. The summed E-state index contributed by atoms with van der Waals surface area (Å²) in [6.07, 6.45) is 11.3. The highest BCUT2D eigenvalue weighted by Gasteiger charge is 2.33. The Morgan fingerprint density at radius 2 is 0.833 bits per heavy atom. The predicted octanol–water partition coefficient (Wildman–Crippen LogP) is 12.0. The second kappa shape index (κ2) is 25.8. The molecule has 6 atom stereocenters. The van der Waals surface area contributed by atoms with E-state index in [0.717, 1.165) is 22.3 Å². The number of fused-ring (bicyclic) bond motifs is 2. The van der Waals surface area contributed by atoms with E-state index in [1.807, 2.05) is 147 Å². The number of nitrogens with zero attached hydrogens (tertiary/aromatic N) is 2. The Bertz CT molecular complexity index is 2650. The molecule has 10 nitrogen and oxygen atoms in total. The molecule has 4 amide bonds. The van der Waals surface area contributed by atoms with Gasteiger partial charge in [0.1, 0.15) is 23.6 Å². The molecule has 0 saturated carbocycles. The molecular weight excluding hydrogens is 944 g/mol. The molecule has 0 fully saturated rings. The van der Waals surface area contributed by atoms with Crippen molar-refractivity contribution in [1.82, 2.24) is 20.4 Å². The van der Waals surface area contributed by atoms with Crippen molar-refractivity contribution >= 4 is 46.8 Å². The molecule has 8 rings (SSSR count). The third kappa shape index (κ3) is 14.5. The molecule has 0 saturated heterocycles. The first-order valence-corrected chi connectivity index (χ1v) is 25.1. The highest BCUT2D eigenvalue weighted by Crippen LogP contribution is 2.29. The Labute approximate surface area is 433 Å². The smallest absolute Gasteiger partial charge is 0.258 e. The minimum absolute atomic E-state index is 0.122. The minimum atomic E-state index is -0.723. The van der Waals surface area contributed by atoms with Crippen molar-refractivity contribution in [1.29, 1.82) is 0 Å². The van der Waals surface area contributed by atoms with E-state index in [1.54, 1.807) is 38.4 Å². The highest BCUT2D eigenvalue weighted by molar-refractivity contribution is 6.31. The largest absolute Gasteiger partial charge is 0.490 e. The average Bonchev–Trinajstić information content (AvgIpc) is 3.38. The number of rotatable bonds is 6. The second-order valence-electron chi connectivity index (χ2n) is 18.2. The van der Waals surface area contributed by atoms with Crippen molar-refractivity contribution in [3.63, 3.8) is 0 Å². The second-order valence-corrected chi connectivity index (χ2v) is 19.1. The van der Waals surface area contributed by atoms with Crippen LogP contribution in [0.5, 0.6) is 11.5 Å². The van der Waals surface area contributed by atoms with Crippen LogP contribution >= 0.6 is 23.2 Å². The van der Waals surface area contributed by atoms with Crippen LogP contribution in [-0.2, 0) is 22.4 Å². The van der Waals surface area contributed by atoms with Gasteiger partial charge in [-0.25, -0.2) is 0 Å². The molecule has 2 heterocycles. The number of nitrogens with one attached hydrogen (secondary N) is 2. The maximum atomic E-state index is 13.8. The molecule has 2 N–H and O–H groups in total. The minimum Gasteiger partial charge on any atom is -0.490 e. The number of halogens is 2. The molecule has 0 spiro atoms. The Morgan fingerprint density at radius 3 is 1.22 bits per heavy atom. The summed E-state index contributed by atoms with van der Waals surface area (Å²) in [6.45, 7) is 3.96. The highest BCUT2D eigenvalue weighted by atomic mass is 35.5. The fourth-order valence-electron chi connectivity index (χ4n) is 8.75. The van der Waals surface area contributed by atoms with Gasteiger partial charge in [0.25, 0.3) is 11.8 Å². The van der Waals surface area contributed by atoms with Crippen LogP contribution in [-0.4, -0.2) is 71.8 Å². The summed E-state index contributed by atoms with van der Waals surface area (Å²) in [5.74, 6) is 0.0568. The molecule has 0 bridgehead atoms. The van der Waals surface area contributed by atoms with Gasteiger partial charge in [-0.15, -0.1) is 0 Å². The fourth-order valence-corrected chi connectivity index (χ4v) is 9.15. The first-order valence-electron chi connectivity index (χ1n) is 24.4. The van der Waals surface area contributed by atoms with Crippen LogP contribution < -0.4 is 20.1 Å². The summed E-state index contributed by atoms with van der Waals surface area (Å²) in [5.41, 5.74) is 4.63. The van der Waals surface area contributed by atoms with Crippen LogP contribution in [0.3, 0.4) is 0 Å². The lowest BCUT2D eigenvalue weighted by atomic mass is 9.99.